The molecule has 0 aliphatic carbocycles. The molecule has 0 saturated heterocycles. The summed E-state index contributed by atoms with van der Waals surface area (Å²) in [5.74, 6) is -2.01. The van der Waals surface area contributed by atoms with Crippen LogP contribution in [0, 0.1) is 11.6 Å². The highest BCUT2D eigenvalue weighted by Gasteiger charge is 2.35. The normalized spacial score (nSPS) is 13.0. The largest absolute Gasteiger partial charge is 0.381 e. The topological polar surface area (TPSA) is 120 Å². The van der Waals surface area contributed by atoms with Crippen LogP contribution in [0.3, 0.4) is 0 Å². The van der Waals surface area contributed by atoms with Gasteiger partial charge in [-0.2, -0.15) is 10.2 Å². The lowest BCUT2D eigenvalue weighted by molar-refractivity contribution is -0.114. The van der Waals surface area contributed by atoms with Crippen molar-refractivity contribution in [1.82, 2.24) is 29.1 Å². The Kier molecular flexibility index (Phi) is 5.84. The molecule has 2 N–H and O–H groups in total. The molecule has 0 fully saturated rings. The van der Waals surface area contributed by atoms with E-state index < -0.39 is 29.5 Å². The van der Waals surface area contributed by atoms with Crippen LogP contribution in [0.15, 0.2) is 66.2 Å². The van der Waals surface area contributed by atoms with E-state index in [0.717, 1.165) is 16.8 Å². The van der Waals surface area contributed by atoms with Crippen LogP contribution in [0.25, 0.3) is 5.69 Å². The average Bonchev–Trinajstić information content (AvgIpc) is 3.38. The van der Waals surface area contributed by atoms with Gasteiger partial charge in [0.25, 0.3) is 0 Å². The minimum Gasteiger partial charge on any atom is -0.381 e. The zero-order valence-corrected chi connectivity index (χ0v) is 17.4. The molecule has 12 heteroatoms. The van der Waals surface area contributed by atoms with E-state index in [-0.39, 0.29) is 18.0 Å². The second-order valence-electron chi connectivity index (χ2n) is 7.42. The number of rotatable bonds is 7. The summed E-state index contributed by atoms with van der Waals surface area (Å²) in [4.78, 5) is 27.9. The molecule has 2 aromatic heterocycles. The van der Waals surface area contributed by atoms with Crippen molar-refractivity contribution < 1.29 is 18.7 Å². The fourth-order valence-electron chi connectivity index (χ4n) is 3.45. The number of anilines is 1. The number of nitrogens with one attached hydrogen (secondary N) is 1. The van der Waals surface area contributed by atoms with Gasteiger partial charge in [-0.15, -0.1) is 0 Å². The van der Waals surface area contributed by atoms with Crippen molar-refractivity contribution in [3.63, 3.8) is 0 Å². The number of carbonyl (C=O) groups excluding carboxylic acids is 1. The van der Waals surface area contributed by atoms with Crippen LogP contribution in [0.1, 0.15) is 12.5 Å². The third-order valence-electron chi connectivity index (χ3n) is 4.93. The predicted octanol–water partition coefficient (Wildman–Crippen LogP) is 1.45. The van der Waals surface area contributed by atoms with Crippen molar-refractivity contribution >= 4 is 11.6 Å². The zero-order chi connectivity index (χ0) is 23.6. The van der Waals surface area contributed by atoms with E-state index in [9.17, 15) is 23.5 Å². The Bertz CT molecular complexity index is 1330. The van der Waals surface area contributed by atoms with Crippen LogP contribution in [0.5, 0.6) is 0 Å². The van der Waals surface area contributed by atoms with E-state index in [0.29, 0.717) is 17.4 Å². The van der Waals surface area contributed by atoms with Gasteiger partial charge in [0.15, 0.2) is 0 Å². The number of carbonyl (C=O) groups is 1. The standard InChI is InChI=1S/C21H19F2N7O3/c1-14(31)27-16-3-5-17(6-4-16)29-13-26-30(20(29)32)10-21(33,9-28-12-24-11-25-28)18-7-2-15(22)8-19(18)23/h2-8,11-13,33H,9-10H2,1H3,(H,27,31). The molecule has 0 spiro atoms. The number of hydrogen-bond donors (Lipinski definition) is 2. The summed E-state index contributed by atoms with van der Waals surface area (Å²) in [6.45, 7) is 0.679. The second kappa shape index (κ2) is 8.74. The molecule has 0 radical (unpaired) electrons. The van der Waals surface area contributed by atoms with E-state index in [1.54, 1.807) is 24.3 Å². The number of amides is 1. The number of halogens is 2. The molecule has 33 heavy (non-hydrogen) atoms. The van der Waals surface area contributed by atoms with Crippen molar-refractivity contribution in [1.29, 1.82) is 0 Å². The van der Waals surface area contributed by atoms with Crippen LogP contribution < -0.4 is 11.0 Å². The maximum atomic E-state index is 14.6. The first-order chi connectivity index (χ1) is 15.7. The SMILES string of the molecule is CC(=O)Nc1ccc(-n2cnn(CC(O)(Cn3cncn3)c3ccc(F)cc3F)c2=O)cc1. The summed E-state index contributed by atoms with van der Waals surface area (Å²) in [7, 11) is 0. The Morgan fingerprint density at radius 2 is 1.85 bits per heavy atom. The fraction of sp³-hybridized carbons (Fsp3) is 0.190. The maximum absolute atomic E-state index is 14.6. The first-order valence-electron chi connectivity index (χ1n) is 9.78. The summed E-state index contributed by atoms with van der Waals surface area (Å²) >= 11 is 0. The molecule has 0 bridgehead atoms. The Hall–Kier alpha value is -4.19. The van der Waals surface area contributed by atoms with Crippen LogP contribution in [0.4, 0.5) is 14.5 Å². The van der Waals surface area contributed by atoms with Gasteiger partial charge in [0.2, 0.25) is 5.91 Å². The van der Waals surface area contributed by atoms with Crippen LogP contribution in [0.2, 0.25) is 0 Å². The monoisotopic (exact) mass is 455 g/mol. The fourth-order valence-corrected chi connectivity index (χ4v) is 3.45. The van der Waals surface area contributed by atoms with Gasteiger partial charge in [-0.25, -0.2) is 32.5 Å². The minimum absolute atomic E-state index is 0.222. The van der Waals surface area contributed by atoms with Crippen LogP contribution >= 0.6 is 0 Å². The average molecular weight is 455 g/mol. The predicted molar refractivity (Wildman–Crippen MR) is 112 cm³/mol. The molecular weight excluding hydrogens is 436 g/mol. The van der Waals surface area contributed by atoms with E-state index in [2.05, 4.69) is 20.5 Å². The second-order valence-corrected chi connectivity index (χ2v) is 7.42. The molecule has 1 atom stereocenters. The highest BCUT2D eigenvalue weighted by molar-refractivity contribution is 5.88. The Balaban J connectivity index is 1.68. The van der Waals surface area contributed by atoms with E-state index >= 15 is 0 Å². The van der Waals surface area contributed by atoms with Crippen LogP contribution in [-0.2, 0) is 23.5 Å². The molecular formula is C21H19F2N7O3. The van der Waals surface area contributed by atoms with Crippen molar-refractivity contribution in [2.45, 2.75) is 25.6 Å². The molecule has 4 rings (SSSR count). The third-order valence-corrected chi connectivity index (χ3v) is 4.93. The van der Waals surface area contributed by atoms with Gasteiger partial charge < -0.3 is 10.4 Å². The van der Waals surface area contributed by atoms with Crippen molar-refractivity contribution in [2.75, 3.05) is 5.32 Å². The molecule has 10 nitrogen and oxygen atoms in total. The van der Waals surface area contributed by atoms with Gasteiger partial charge >= 0.3 is 5.69 Å². The molecule has 0 saturated carbocycles. The Labute approximate surface area is 185 Å². The van der Waals surface area contributed by atoms with Gasteiger partial charge in [-0.3, -0.25) is 4.79 Å². The number of aromatic nitrogens is 6. The van der Waals surface area contributed by atoms with Crippen molar-refractivity contribution in [3.8, 4) is 5.69 Å². The number of nitrogens with zero attached hydrogens (tertiary/aromatic N) is 6. The van der Waals surface area contributed by atoms with Gasteiger partial charge in [0.1, 0.15) is 36.2 Å². The van der Waals surface area contributed by atoms with Crippen molar-refractivity contribution in [2.24, 2.45) is 0 Å². The van der Waals surface area contributed by atoms with Crippen molar-refractivity contribution in [3.05, 3.63) is 89.1 Å². The van der Waals surface area contributed by atoms with E-state index in [4.69, 9.17) is 0 Å². The highest BCUT2D eigenvalue weighted by Crippen LogP contribution is 2.28. The summed E-state index contributed by atoms with van der Waals surface area (Å²) in [5.41, 5.74) is -1.79. The molecule has 4 aromatic rings. The van der Waals surface area contributed by atoms with Gasteiger partial charge in [0, 0.05) is 24.2 Å². The lowest BCUT2D eigenvalue weighted by Gasteiger charge is -2.28. The Morgan fingerprint density at radius 3 is 2.48 bits per heavy atom. The quantitative estimate of drug-likeness (QED) is 0.435. The van der Waals surface area contributed by atoms with Gasteiger partial charge in [0.05, 0.1) is 18.8 Å². The Morgan fingerprint density at radius 1 is 1.09 bits per heavy atom. The summed E-state index contributed by atoms with van der Waals surface area (Å²) < 4.78 is 31.5. The van der Waals surface area contributed by atoms with Gasteiger partial charge in [-0.05, 0) is 30.3 Å². The van der Waals surface area contributed by atoms with Gasteiger partial charge in [-0.1, -0.05) is 6.07 Å². The first-order valence-corrected chi connectivity index (χ1v) is 9.78. The molecule has 0 aliphatic rings. The van der Waals surface area contributed by atoms with Crippen LogP contribution in [-0.4, -0.2) is 40.1 Å². The van der Waals surface area contributed by atoms with E-state index in [1.165, 1.54) is 35.2 Å². The molecule has 1 amide bonds. The zero-order valence-electron chi connectivity index (χ0n) is 17.4. The smallest absolute Gasteiger partial charge is 0.350 e. The number of aliphatic hydroxyl groups is 1. The maximum Gasteiger partial charge on any atom is 0.350 e. The minimum atomic E-state index is -2.00. The number of hydrogen-bond acceptors (Lipinski definition) is 6. The molecule has 170 valence electrons. The summed E-state index contributed by atoms with van der Waals surface area (Å²) in [6.07, 6.45) is 3.82. The highest BCUT2D eigenvalue weighted by atomic mass is 19.1. The molecule has 0 aliphatic heterocycles. The lowest BCUT2D eigenvalue weighted by atomic mass is 9.93. The summed E-state index contributed by atoms with van der Waals surface area (Å²) in [5, 5.41) is 22.0. The first kappa shape index (κ1) is 22.0. The van der Waals surface area contributed by atoms with E-state index in [1.807, 2.05) is 0 Å². The third kappa shape index (κ3) is 4.70. The molecule has 1 unspecified atom stereocenters. The lowest BCUT2D eigenvalue weighted by Crippen LogP contribution is -2.41. The number of benzene rings is 2. The molecule has 2 heterocycles. The summed E-state index contributed by atoms with van der Waals surface area (Å²) in [6, 6.07) is 9.25. The molecule has 2 aromatic carbocycles.